The quantitative estimate of drug-likeness (QED) is 0.727. The first-order valence-corrected chi connectivity index (χ1v) is 7.44. The minimum Gasteiger partial charge on any atom is -0.385 e. The van der Waals surface area contributed by atoms with E-state index in [0.29, 0.717) is 11.5 Å². The van der Waals surface area contributed by atoms with Crippen molar-refractivity contribution in [3.63, 3.8) is 0 Å². The van der Waals surface area contributed by atoms with E-state index in [0.717, 1.165) is 11.9 Å². The van der Waals surface area contributed by atoms with E-state index in [1.807, 2.05) is 0 Å². The molecule has 0 amide bonds. The lowest BCUT2D eigenvalue weighted by molar-refractivity contribution is 0.182. The lowest BCUT2D eigenvalue weighted by Gasteiger charge is -2.43. The molecular weight excluding hydrogens is 218 g/mol. The number of hydrogen-bond donors (Lipinski definition) is 1. The second-order valence-electron chi connectivity index (χ2n) is 5.40. The lowest BCUT2D eigenvalue weighted by Crippen LogP contribution is -2.50. The first-order valence-electron chi connectivity index (χ1n) is 6.39. The second kappa shape index (κ2) is 6.87. The minimum atomic E-state index is 0.450. The van der Waals surface area contributed by atoms with Gasteiger partial charge in [-0.15, -0.1) is 0 Å². The zero-order chi connectivity index (χ0) is 12.0. The van der Waals surface area contributed by atoms with Crippen LogP contribution in [0.25, 0.3) is 0 Å². The molecule has 0 aromatic heterocycles. The monoisotopic (exact) mass is 245 g/mol. The van der Waals surface area contributed by atoms with Crippen molar-refractivity contribution in [3.8, 4) is 0 Å². The van der Waals surface area contributed by atoms with Crippen molar-refractivity contribution >= 4 is 11.8 Å². The number of methoxy groups -OCH3 is 1. The standard InChI is InChI=1S/C13H27NOS/c1-13(2)8-5-7-11(12(13)14-3)16-10-6-9-15-4/h11-12,14H,5-10H2,1-4H3. The van der Waals surface area contributed by atoms with Crippen LogP contribution in [0.5, 0.6) is 0 Å². The Labute approximate surface area is 105 Å². The summed E-state index contributed by atoms with van der Waals surface area (Å²) in [6.45, 7) is 5.69. The third kappa shape index (κ3) is 3.94. The van der Waals surface area contributed by atoms with Crippen molar-refractivity contribution in [1.82, 2.24) is 5.32 Å². The van der Waals surface area contributed by atoms with E-state index in [1.54, 1.807) is 7.11 Å². The van der Waals surface area contributed by atoms with Gasteiger partial charge in [-0.3, -0.25) is 0 Å². The fourth-order valence-electron chi connectivity index (χ4n) is 2.78. The molecule has 1 aliphatic carbocycles. The third-order valence-electron chi connectivity index (χ3n) is 3.66. The van der Waals surface area contributed by atoms with Gasteiger partial charge in [0.15, 0.2) is 0 Å². The maximum atomic E-state index is 5.10. The maximum Gasteiger partial charge on any atom is 0.0470 e. The molecule has 1 fully saturated rings. The average Bonchev–Trinajstić information content (AvgIpc) is 2.23. The van der Waals surface area contributed by atoms with Gasteiger partial charge in [0.1, 0.15) is 0 Å². The highest BCUT2D eigenvalue weighted by molar-refractivity contribution is 7.99. The summed E-state index contributed by atoms with van der Waals surface area (Å²) in [5.74, 6) is 1.23. The molecule has 0 bridgehead atoms. The summed E-state index contributed by atoms with van der Waals surface area (Å²) in [6.07, 6.45) is 5.28. The summed E-state index contributed by atoms with van der Waals surface area (Å²) in [5.41, 5.74) is 0.450. The van der Waals surface area contributed by atoms with Crippen molar-refractivity contribution in [2.24, 2.45) is 5.41 Å². The van der Waals surface area contributed by atoms with Crippen LogP contribution in [0, 0.1) is 5.41 Å². The molecule has 96 valence electrons. The van der Waals surface area contributed by atoms with Gasteiger partial charge in [0.05, 0.1) is 0 Å². The van der Waals surface area contributed by atoms with Crippen molar-refractivity contribution in [2.75, 3.05) is 26.5 Å². The first kappa shape index (κ1) is 14.3. The summed E-state index contributed by atoms with van der Waals surface area (Å²) >= 11 is 2.13. The van der Waals surface area contributed by atoms with Crippen molar-refractivity contribution in [1.29, 1.82) is 0 Å². The number of hydrogen-bond acceptors (Lipinski definition) is 3. The summed E-state index contributed by atoms with van der Waals surface area (Å²) in [7, 11) is 3.89. The molecule has 2 atom stereocenters. The zero-order valence-electron chi connectivity index (χ0n) is 11.2. The van der Waals surface area contributed by atoms with Gasteiger partial charge in [0.2, 0.25) is 0 Å². The van der Waals surface area contributed by atoms with Crippen LogP contribution >= 0.6 is 11.8 Å². The Morgan fingerprint density at radius 3 is 2.81 bits per heavy atom. The van der Waals surface area contributed by atoms with Gasteiger partial charge in [-0.1, -0.05) is 20.3 Å². The van der Waals surface area contributed by atoms with E-state index in [9.17, 15) is 0 Å². The Balaban J connectivity index is 2.38. The number of ether oxygens (including phenoxy) is 1. The molecule has 2 nitrogen and oxygen atoms in total. The summed E-state index contributed by atoms with van der Waals surface area (Å²) < 4.78 is 5.10. The molecule has 0 spiro atoms. The Kier molecular flexibility index (Phi) is 6.16. The fourth-order valence-corrected chi connectivity index (χ4v) is 4.40. The molecule has 0 saturated heterocycles. The molecule has 3 heteroatoms. The highest BCUT2D eigenvalue weighted by Gasteiger charge is 2.37. The molecule has 2 unspecified atom stereocenters. The van der Waals surface area contributed by atoms with Crippen LogP contribution in [-0.4, -0.2) is 37.8 Å². The number of nitrogens with one attached hydrogen (secondary N) is 1. The number of rotatable bonds is 6. The van der Waals surface area contributed by atoms with Gasteiger partial charge in [0, 0.05) is 25.0 Å². The van der Waals surface area contributed by atoms with Crippen LogP contribution in [0.1, 0.15) is 39.5 Å². The SMILES string of the molecule is CNC1C(SCCCOC)CCCC1(C)C. The maximum absolute atomic E-state index is 5.10. The molecule has 0 aliphatic heterocycles. The normalized spacial score (nSPS) is 29.2. The Morgan fingerprint density at radius 2 is 2.19 bits per heavy atom. The molecule has 0 aromatic rings. The largest absolute Gasteiger partial charge is 0.385 e. The van der Waals surface area contributed by atoms with Crippen LogP contribution in [0.4, 0.5) is 0 Å². The molecule has 0 radical (unpaired) electrons. The minimum absolute atomic E-state index is 0.450. The Bertz CT molecular complexity index is 196. The van der Waals surface area contributed by atoms with Gasteiger partial charge in [-0.05, 0) is 37.5 Å². The summed E-state index contributed by atoms with van der Waals surface area (Å²) in [6, 6.07) is 0.661. The highest BCUT2D eigenvalue weighted by atomic mass is 32.2. The van der Waals surface area contributed by atoms with E-state index in [2.05, 4.69) is 38.0 Å². The van der Waals surface area contributed by atoms with Gasteiger partial charge < -0.3 is 10.1 Å². The average molecular weight is 245 g/mol. The van der Waals surface area contributed by atoms with Crippen molar-refractivity contribution in [3.05, 3.63) is 0 Å². The summed E-state index contributed by atoms with van der Waals surface area (Å²) in [5, 5.41) is 4.32. The van der Waals surface area contributed by atoms with Crippen LogP contribution < -0.4 is 5.32 Å². The molecule has 1 aliphatic rings. The lowest BCUT2D eigenvalue weighted by atomic mass is 9.73. The molecule has 16 heavy (non-hydrogen) atoms. The second-order valence-corrected chi connectivity index (χ2v) is 6.75. The van der Waals surface area contributed by atoms with Crippen LogP contribution in [-0.2, 0) is 4.74 Å². The molecule has 0 aromatic carbocycles. The van der Waals surface area contributed by atoms with E-state index < -0.39 is 0 Å². The molecule has 0 heterocycles. The molecule has 1 N–H and O–H groups in total. The predicted octanol–water partition coefficient (Wildman–Crippen LogP) is 2.92. The third-order valence-corrected chi connectivity index (χ3v) is 5.12. The van der Waals surface area contributed by atoms with E-state index in [4.69, 9.17) is 4.74 Å². The Morgan fingerprint density at radius 1 is 1.44 bits per heavy atom. The fraction of sp³-hybridized carbons (Fsp3) is 1.00. The molecular formula is C13H27NOS. The topological polar surface area (TPSA) is 21.3 Å². The van der Waals surface area contributed by atoms with Gasteiger partial charge >= 0.3 is 0 Å². The first-order chi connectivity index (χ1) is 7.61. The summed E-state index contributed by atoms with van der Waals surface area (Å²) in [4.78, 5) is 0. The molecule has 1 rings (SSSR count). The number of thioether (sulfide) groups is 1. The van der Waals surface area contributed by atoms with E-state index in [-0.39, 0.29) is 0 Å². The zero-order valence-corrected chi connectivity index (χ0v) is 12.0. The smallest absolute Gasteiger partial charge is 0.0470 e. The van der Waals surface area contributed by atoms with Gasteiger partial charge in [0.25, 0.3) is 0 Å². The van der Waals surface area contributed by atoms with Crippen LogP contribution in [0.3, 0.4) is 0 Å². The van der Waals surface area contributed by atoms with Gasteiger partial charge in [-0.25, -0.2) is 0 Å². The Hall–Kier alpha value is 0.270. The van der Waals surface area contributed by atoms with E-state index in [1.165, 1.54) is 31.4 Å². The molecule has 1 saturated carbocycles. The van der Waals surface area contributed by atoms with Gasteiger partial charge in [-0.2, -0.15) is 11.8 Å². The van der Waals surface area contributed by atoms with Crippen LogP contribution in [0.2, 0.25) is 0 Å². The van der Waals surface area contributed by atoms with E-state index >= 15 is 0 Å². The predicted molar refractivity (Wildman–Crippen MR) is 73.2 cm³/mol. The van der Waals surface area contributed by atoms with Crippen LogP contribution in [0.15, 0.2) is 0 Å². The van der Waals surface area contributed by atoms with Crippen molar-refractivity contribution in [2.45, 2.75) is 50.8 Å². The highest BCUT2D eigenvalue weighted by Crippen LogP contribution is 2.40. The van der Waals surface area contributed by atoms with Crippen molar-refractivity contribution < 1.29 is 4.74 Å².